The topological polar surface area (TPSA) is 99.1 Å². The second kappa shape index (κ2) is 11.2. The van der Waals surface area contributed by atoms with E-state index in [1.807, 2.05) is 6.92 Å². The standard InChI is InChI=1S/C20H25N3O5S/c1-5-26-17-9-14(7-8-16(17)28-19(25)13(3)4)11-21-23-20-22-15(12-29-20)10-18(24)27-6-2/h7-9,11-13H,5-6,10H2,1-4H3,(H,22,23). The molecule has 0 saturated heterocycles. The average molecular weight is 420 g/mol. The lowest BCUT2D eigenvalue weighted by atomic mass is 10.2. The van der Waals surface area contributed by atoms with Crippen molar-refractivity contribution in [2.45, 2.75) is 34.1 Å². The molecule has 0 atom stereocenters. The summed E-state index contributed by atoms with van der Waals surface area (Å²) < 4.78 is 15.8. The number of benzene rings is 1. The van der Waals surface area contributed by atoms with Crippen molar-refractivity contribution in [2.24, 2.45) is 11.0 Å². The summed E-state index contributed by atoms with van der Waals surface area (Å²) in [6.45, 7) is 7.94. The smallest absolute Gasteiger partial charge is 0.313 e. The van der Waals surface area contributed by atoms with E-state index in [0.717, 1.165) is 5.56 Å². The van der Waals surface area contributed by atoms with Gasteiger partial charge in [-0.25, -0.2) is 4.98 Å². The Kier molecular flexibility index (Phi) is 8.60. The molecule has 0 radical (unpaired) electrons. The summed E-state index contributed by atoms with van der Waals surface area (Å²) in [6, 6.07) is 5.18. The Morgan fingerprint density at radius 2 is 2.03 bits per heavy atom. The predicted molar refractivity (Wildman–Crippen MR) is 112 cm³/mol. The third kappa shape index (κ3) is 7.19. The normalized spacial score (nSPS) is 10.9. The van der Waals surface area contributed by atoms with E-state index in [0.29, 0.717) is 35.5 Å². The fourth-order valence-corrected chi connectivity index (χ4v) is 2.80. The molecule has 8 nitrogen and oxygen atoms in total. The van der Waals surface area contributed by atoms with Gasteiger partial charge >= 0.3 is 11.9 Å². The summed E-state index contributed by atoms with van der Waals surface area (Å²) in [5.41, 5.74) is 4.21. The van der Waals surface area contributed by atoms with E-state index in [1.165, 1.54) is 11.3 Å². The SMILES string of the molecule is CCOC(=O)Cc1csc(NN=Cc2ccc(OC(=O)C(C)C)c(OCC)c2)n1. The minimum atomic E-state index is -0.323. The first-order chi connectivity index (χ1) is 13.9. The van der Waals surface area contributed by atoms with Gasteiger partial charge < -0.3 is 14.2 Å². The molecule has 0 aliphatic heterocycles. The molecule has 0 aliphatic carbocycles. The number of hydrogen-bond donors (Lipinski definition) is 1. The first-order valence-electron chi connectivity index (χ1n) is 9.30. The molecule has 0 spiro atoms. The van der Waals surface area contributed by atoms with Crippen molar-refractivity contribution in [1.29, 1.82) is 0 Å². The van der Waals surface area contributed by atoms with E-state index in [4.69, 9.17) is 14.2 Å². The first kappa shape index (κ1) is 22.4. The number of aromatic nitrogens is 1. The number of hydrazone groups is 1. The van der Waals surface area contributed by atoms with Gasteiger partial charge in [-0.2, -0.15) is 5.10 Å². The second-order valence-electron chi connectivity index (χ2n) is 6.21. The van der Waals surface area contributed by atoms with Crippen molar-refractivity contribution in [1.82, 2.24) is 4.98 Å². The van der Waals surface area contributed by atoms with E-state index in [9.17, 15) is 9.59 Å². The second-order valence-corrected chi connectivity index (χ2v) is 7.07. The zero-order valence-corrected chi connectivity index (χ0v) is 17.7. The molecule has 0 bridgehead atoms. The first-order valence-corrected chi connectivity index (χ1v) is 10.2. The molecule has 0 aliphatic rings. The third-order valence-corrected chi connectivity index (χ3v) is 4.30. The van der Waals surface area contributed by atoms with Gasteiger partial charge in [-0.15, -0.1) is 11.3 Å². The van der Waals surface area contributed by atoms with Gasteiger partial charge in [-0.3, -0.25) is 15.0 Å². The molecule has 0 unspecified atom stereocenters. The summed E-state index contributed by atoms with van der Waals surface area (Å²) in [5.74, 6) is -0.0245. The van der Waals surface area contributed by atoms with Gasteiger partial charge in [-0.05, 0) is 37.6 Å². The van der Waals surface area contributed by atoms with Crippen molar-refractivity contribution >= 4 is 34.6 Å². The van der Waals surface area contributed by atoms with Crippen LogP contribution in [0.5, 0.6) is 11.5 Å². The average Bonchev–Trinajstić information content (AvgIpc) is 3.11. The Morgan fingerprint density at radius 1 is 1.24 bits per heavy atom. The molecular formula is C20H25N3O5S. The number of hydrogen-bond acceptors (Lipinski definition) is 9. The molecule has 29 heavy (non-hydrogen) atoms. The van der Waals surface area contributed by atoms with E-state index in [-0.39, 0.29) is 24.3 Å². The molecular weight excluding hydrogens is 394 g/mol. The van der Waals surface area contributed by atoms with Crippen LogP contribution in [0.1, 0.15) is 39.0 Å². The molecule has 2 aromatic rings. The maximum atomic E-state index is 11.8. The van der Waals surface area contributed by atoms with Crippen LogP contribution in [0.25, 0.3) is 0 Å². The molecule has 0 saturated carbocycles. The number of carbonyl (C=O) groups is 2. The highest BCUT2D eigenvalue weighted by molar-refractivity contribution is 7.13. The van der Waals surface area contributed by atoms with Crippen LogP contribution in [0.4, 0.5) is 5.13 Å². The van der Waals surface area contributed by atoms with Gasteiger partial charge in [0.15, 0.2) is 11.5 Å². The Balaban J connectivity index is 2.01. The predicted octanol–water partition coefficient (Wildman–Crippen LogP) is 3.65. The van der Waals surface area contributed by atoms with Crippen LogP contribution >= 0.6 is 11.3 Å². The highest BCUT2D eigenvalue weighted by Crippen LogP contribution is 2.29. The monoisotopic (exact) mass is 419 g/mol. The third-order valence-electron chi connectivity index (χ3n) is 3.51. The molecule has 0 amide bonds. The molecule has 156 valence electrons. The van der Waals surface area contributed by atoms with Crippen molar-refractivity contribution in [3.8, 4) is 11.5 Å². The lowest BCUT2D eigenvalue weighted by molar-refractivity contribution is -0.142. The van der Waals surface area contributed by atoms with Crippen LogP contribution in [0.15, 0.2) is 28.7 Å². The van der Waals surface area contributed by atoms with Gasteiger partial charge in [0.25, 0.3) is 0 Å². The van der Waals surface area contributed by atoms with E-state index in [2.05, 4.69) is 15.5 Å². The zero-order chi connectivity index (χ0) is 21.2. The summed E-state index contributed by atoms with van der Waals surface area (Å²) in [6.07, 6.45) is 1.73. The van der Waals surface area contributed by atoms with Crippen molar-refractivity contribution in [3.05, 3.63) is 34.8 Å². The van der Waals surface area contributed by atoms with Gasteiger partial charge in [-0.1, -0.05) is 13.8 Å². The van der Waals surface area contributed by atoms with Crippen LogP contribution in [-0.2, 0) is 20.7 Å². The quantitative estimate of drug-likeness (QED) is 0.272. The Labute approximate surface area is 173 Å². The summed E-state index contributed by atoms with van der Waals surface area (Å²) in [4.78, 5) is 27.6. The maximum absolute atomic E-state index is 11.8. The van der Waals surface area contributed by atoms with Crippen molar-refractivity contribution < 1.29 is 23.8 Å². The fourth-order valence-electron chi connectivity index (χ4n) is 2.15. The lowest BCUT2D eigenvalue weighted by Crippen LogP contribution is -2.15. The van der Waals surface area contributed by atoms with Gasteiger partial charge in [0.05, 0.1) is 37.5 Å². The lowest BCUT2D eigenvalue weighted by Gasteiger charge is -2.12. The van der Waals surface area contributed by atoms with Crippen LogP contribution in [-0.4, -0.2) is 36.4 Å². The van der Waals surface area contributed by atoms with E-state index < -0.39 is 0 Å². The zero-order valence-electron chi connectivity index (χ0n) is 16.9. The van der Waals surface area contributed by atoms with Gasteiger partial charge in [0, 0.05) is 5.38 Å². The van der Waals surface area contributed by atoms with Gasteiger partial charge in [0.1, 0.15) is 0 Å². The van der Waals surface area contributed by atoms with E-state index >= 15 is 0 Å². The summed E-state index contributed by atoms with van der Waals surface area (Å²) in [5, 5.41) is 6.49. The number of thiazole rings is 1. The molecule has 0 fully saturated rings. The minimum absolute atomic E-state index is 0.129. The molecule has 1 aromatic carbocycles. The van der Waals surface area contributed by atoms with Crippen LogP contribution in [0.2, 0.25) is 0 Å². The van der Waals surface area contributed by atoms with Crippen LogP contribution < -0.4 is 14.9 Å². The number of esters is 2. The highest BCUT2D eigenvalue weighted by atomic mass is 32.1. The molecule has 1 aromatic heterocycles. The van der Waals surface area contributed by atoms with E-state index in [1.54, 1.807) is 50.6 Å². The fraction of sp³-hybridized carbons (Fsp3) is 0.400. The molecule has 2 rings (SSSR count). The van der Waals surface area contributed by atoms with Gasteiger partial charge in [0.2, 0.25) is 5.13 Å². The largest absolute Gasteiger partial charge is 0.490 e. The highest BCUT2D eigenvalue weighted by Gasteiger charge is 2.14. The van der Waals surface area contributed by atoms with Crippen molar-refractivity contribution in [2.75, 3.05) is 18.6 Å². The Morgan fingerprint density at radius 3 is 2.72 bits per heavy atom. The molecule has 1 heterocycles. The summed E-state index contributed by atoms with van der Waals surface area (Å²) >= 11 is 1.34. The number of ether oxygens (including phenoxy) is 3. The number of nitrogens with zero attached hydrogens (tertiary/aromatic N) is 2. The molecule has 1 N–H and O–H groups in total. The number of nitrogens with one attached hydrogen (secondary N) is 1. The Hall–Kier alpha value is -2.94. The molecule has 9 heteroatoms. The van der Waals surface area contributed by atoms with Crippen molar-refractivity contribution in [3.63, 3.8) is 0 Å². The summed E-state index contributed by atoms with van der Waals surface area (Å²) in [7, 11) is 0. The Bertz CT molecular complexity index is 864. The number of anilines is 1. The van der Waals surface area contributed by atoms with Crippen LogP contribution in [0, 0.1) is 5.92 Å². The maximum Gasteiger partial charge on any atom is 0.313 e. The minimum Gasteiger partial charge on any atom is -0.490 e. The number of carbonyl (C=O) groups excluding carboxylic acids is 2. The van der Waals surface area contributed by atoms with Crippen LogP contribution in [0.3, 0.4) is 0 Å². The number of rotatable bonds is 10.